The summed E-state index contributed by atoms with van der Waals surface area (Å²) in [5, 5.41) is 8.15. The average molecular weight is 446 g/mol. The van der Waals surface area contributed by atoms with Crippen molar-refractivity contribution in [1.29, 1.82) is 0 Å². The van der Waals surface area contributed by atoms with Gasteiger partial charge < -0.3 is 25.4 Å². The SMILES string of the molecule is CC(=O)NCCCC(=O)SCCNC(=O)CCNC(=O)[C@@H]1OC(C)(C)OCC1(C)C. The predicted octanol–water partition coefficient (Wildman–Crippen LogP) is 0.963. The van der Waals surface area contributed by atoms with E-state index in [1.165, 1.54) is 6.92 Å². The normalized spacial score (nSPS) is 19.6. The van der Waals surface area contributed by atoms with Crippen LogP contribution in [-0.4, -0.2) is 66.7 Å². The van der Waals surface area contributed by atoms with Gasteiger partial charge in [-0.15, -0.1) is 0 Å². The monoisotopic (exact) mass is 445 g/mol. The Morgan fingerprint density at radius 1 is 0.967 bits per heavy atom. The highest BCUT2D eigenvalue weighted by Gasteiger charge is 2.45. The first kappa shape index (κ1) is 26.4. The lowest BCUT2D eigenvalue weighted by molar-refractivity contribution is -0.304. The van der Waals surface area contributed by atoms with Crippen molar-refractivity contribution in [3.8, 4) is 0 Å². The molecule has 1 fully saturated rings. The molecule has 0 aromatic rings. The lowest BCUT2D eigenvalue weighted by Crippen LogP contribution is -2.56. The quantitative estimate of drug-likeness (QED) is 0.405. The zero-order valence-corrected chi connectivity index (χ0v) is 19.4. The molecule has 3 N–H and O–H groups in total. The van der Waals surface area contributed by atoms with Crippen molar-refractivity contribution in [2.75, 3.05) is 32.0 Å². The maximum absolute atomic E-state index is 12.5. The summed E-state index contributed by atoms with van der Waals surface area (Å²) in [6.45, 7) is 10.2. The van der Waals surface area contributed by atoms with Crippen molar-refractivity contribution >= 4 is 34.6 Å². The molecule has 1 rings (SSSR count). The van der Waals surface area contributed by atoms with Crippen LogP contribution in [0.3, 0.4) is 0 Å². The van der Waals surface area contributed by atoms with Crippen LogP contribution in [0.5, 0.6) is 0 Å². The Bertz CT molecular complexity index is 624. The number of hydrogen-bond donors (Lipinski definition) is 3. The fraction of sp³-hybridized carbons (Fsp3) is 0.800. The first-order valence-corrected chi connectivity index (χ1v) is 11.2. The summed E-state index contributed by atoms with van der Waals surface area (Å²) < 4.78 is 11.4. The topological polar surface area (TPSA) is 123 Å². The molecular formula is C20H35N3O6S. The standard InChI is InChI=1S/C20H35N3O6S/c1-14(24)21-9-6-7-16(26)30-12-11-22-15(25)8-10-23-18(27)17-19(2,3)13-28-20(4,5)29-17/h17H,6-13H2,1-5H3,(H,21,24)(H,22,25)(H,23,27)/t17-/m0/s1. The van der Waals surface area contributed by atoms with E-state index >= 15 is 0 Å². The summed E-state index contributed by atoms with van der Waals surface area (Å²) in [6.07, 6.45) is 0.473. The lowest BCUT2D eigenvalue weighted by atomic mass is 9.85. The van der Waals surface area contributed by atoms with Gasteiger partial charge >= 0.3 is 0 Å². The number of hydrogen-bond acceptors (Lipinski definition) is 7. The second-order valence-electron chi connectivity index (χ2n) is 8.37. The number of carbonyl (C=O) groups is 4. The molecule has 10 heteroatoms. The van der Waals surface area contributed by atoms with Gasteiger partial charge in [0.15, 0.2) is 10.9 Å². The van der Waals surface area contributed by atoms with Gasteiger partial charge in [0.2, 0.25) is 17.7 Å². The van der Waals surface area contributed by atoms with Gasteiger partial charge in [-0.25, -0.2) is 0 Å². The number of nitrogens with one attached hydrogen (secondary N) is 3. The Morgan fingerprint density at radius 2 is 1.67 bits per heavy atom. The van der Waals surface area contributed by atoms with Crippen molar-refractivity contribution < 1.29 is 28.7 Å². The highest BCUT2D eigenvalue weighted by atomic mass is 32.2. The lowest BCUT2D eigenvalue weighted by Gasteiger charge is -2.44. The van der Waals surface area contributed by atoms with Crippen LogP contribution in [0.25, 0.3) is 0 Å². The minimum Gasteiger partial charge on any atom is -0.356 e. The molecule has 0 aliphatic carbocycles. The first-order valence-electron chi connectivity index (χ1n) is 10.2. The minimum atomic E-state index is -0.825. The average Bonchev–Trinajstić information content (AvgIpc) is 2.64. The fourth-order valence-electron chi connectivity index (χ4n) is 2.73. The number of thioether (sulfide) groups is 1. The Kier molecular flexibility index (Phi) is 10.8. The maximum Gasteiger partial charge on any atom is 0.249 e. The summed E-state index contributed by atoms with van der Waals surface area (Å²) in [5.74, 6) is -0.905. The fourth-order valence-corrected chi connectivity index (χ4v) is 3.45. The van der Waals surface area contributed by atoms with Crippen molar-refractivity contribution in [3.05, 3.63) is 0 Å². The number of ether oxygens (including phenoxy) is 2. The van der Waals surface area contributed by atoms with E-state index in [0.717, 1.165) is 11.8 Å². The third kappa shape index (κ3) is 10.4. The van der Waals surface area contributed by atoms with E-state index in [-0.39, 0.29) is 35.8 Å². The molecule has 0 aromatic heterocycles. The molecule has 172 valence electrons. The second kappa shape index (κ2) is 12.3. The van der Waals surface area contributed by atoms with Gasteiger partial charge in [-0.3, -0.25) is 19.2 Å². The smallest absolute Gasteiger partial charge is 0.249 e. The molecule has 0 radical (unpaired) electrons. The van der Waals surface area contributed by atoms with Crippen LogP contribution in [0.1, 0.15) is 53.9 Å². The summed E-state index contributed by atoms with van der Waals surface area (Å²) in [4.78, 5) is 46.8. The van der Waals surface area contributed by atoms with Gasteiger partial charge in [0.05, 0.1) is 6.61 Å². The van der Waals surface area contributed by atoms with Gasteiger partial charge in [-0.2, -0.15) is 0 Å². The zero-order chi connectivity index (χ0) is 22.8. The molecule has 0 spiro atoms. The molecule has 1 heterocycles. The van der Waals surface area contributed by atoms with Crippen molar-refractivity contribution in [1.82, 2.24) is 16.0 Å². The zero-order valence-electron chi connectivity index (χ0n) is 18.6. The number of amides is 3. The van der Waals surface area contributed by atoms with E-state index in [0.29, 0.717) is 38.3 Å². The molecule has 1 aliphatic heterocycles. The summed E-state index contributed by atoms with van der Waals surface area (Å²) >= 11 is 1.16. The largest absolute Gasteiger partial charge is 0.356 e. The summed E-state index contributed by atoms with van der Waals surface area (Å²) in [7, 11) is 0. The number of rotatable bonds is 11. The molecule has 30 heavy (non-hydrogen) atoms. The third-order valence-electron chi connectivity index (χ3n) is 4.41. The highest BCUT2D eigenvalue weighted by Crippen LogP contribution is 2.34. The van der Waals surface area contributed by atoms with E-state index in [1.807, 2.05) is 13.8 Å². The molecule has 9 nitrogen and oxygen atoms in total. The van der Waals surface area contributed by atoms with Crippen LogP contribution < -0.4 is 16.0 Å². The third-order valence-corrected chi connectivity index (χ3v) is 5.35. The van der Waals surface area contributed by atoms with E-state index in [1.54, 1.807) is 13.8 Å². The maximum atomic E-state index is 12.5. The van der Waals surface area contributed by atoms with Crippen LogP contribution in [-0.2, 0) is 28.7 Å². The molecular weight excluding hydrogens is 410 g/mol. The van der Waals surface area contributed by atoms with Crippen molar-refractivity contribution in [3.63, 3.8) is 0 Å². The first-order chi connectivity index (χ1) is 13.9. The van der Waals surface area contributed by atoms with Crippen LogP contribution in [0, 0.1) is 5.41 Å². The van der Waals surface area contributed by atoms with Crippen LogP contribution in [0.2, 0.25) is 0 Å². The Balaban J connectivity index is 2.16. The van der Waals surface area contributed by atoms with Crippen molar-refractivity contribution in [2.24, 2.45) is 5.41 Å². The van der Waals surface area contributed by atoms with E-state index in [4.69, 9.17) is 9.47 Å². The molecule has 0 unspecified atom stereocenters. The molecule has 0 aromatic carbocycles. The summed E-state index contributed by atoms with van der Waals surface area (Å²) in [5.41, 5.74) is -0.465. The van der Waals surface area contributed by atoms with Gasteiger partial charge in [-0.05, 0) is 20.3 Å². The van der Waals surface area contributed by atoms with Crippen LogP contribution in [0.15, 0.2) is 0 Å². The molecule has 3 amide bonds. The van der Waals surface area contributed by atoms with E-state index in [9.17, 15) is 19.2 Å². The molecule has 0 bridgehead atoms. The van der Waals surface area contributed by atoms with Gasteiger partial charge in [0.25, 0.3) is 0 Å². The van der Waals surface area contributed by atoms with Crippen LogP contribution >= 0.6 is 11.8 Å². The summed E-state index contributed by atoms with van der Waals surface area (Å²) in [6, 6.07) is 0. The molecule has 1 atom stereocenters. The number of carbonyl (C=O) groups excluding carboxylic acids is 4. The molecule has 0 saturated carbocycles. The minimum absolute atomic E-state index is 0.0314. The Labute approximate surface area is 182 Å². The second-order valence-corrected chi connectivity index (χ2v) is 9.53. The molecule has 1 aliphatic rings. The van der Waals surface area contributed by atoms with Gasteiger partial charge in [0.1, 0.15) is 6.10 Å². The van der Waals surface area contributed by atoms with E-state index in [2.05, 4.69) is 16.0 Å². The van der Waals surface area contributed by atoms with Crippen LogP contribution in [0.4, 0.5) is 0 Å². The Hall–Kier alpha value is -1.65. The molecule has 1 saturated heterocycles. The van der Waals surface area contributed by atoms with Gasteiger partial charge in [0, 0.05) is 50.6 Å². The highest BCUT2D eigenvalue weighted by molar-refractivity contribution is 8.13. The van der Waals surface area contributed by atoms with Gasteiger partial charge in [-0.1, -0.05) is 25.6 Å². The van der Waals surface area contributed by atoms with Crippen molar-refractivity contribution in [2.45, 2.75) is 65.8 Å². The Morgan fingerprint density at radius 3 is 2.33 bits per heavy atom. The predicted molar refractivity (Wildman–Crippen MR) is 115 cm³/mol. The van der Waals surface area contributed by atoms with E-state index < -0.39 is 17.3 Å².